The summed E-state index contributed by atoms with van der Waals surface area (Å²) >= 11 is 1.02. The molecule has 2 aromatic carbocycles. The molecule has 9 heteroatoms. The van der Waals surface area contributed by atoms with E-state index in [4.69, 9.17) is 9.47 Å². The van der Waals surface area contributed by atoms with Crippen LogP contribution in [-0.4, -0.2) is 44.7 Å². The van der Waals surface area contributed by atoms with Gasteiger partial charge in [-0.3, -0.25) is 9.69 Å². The molecule has 0 saturated carbocycles. The van der Waals surface area contributed by atoms with Gasteiger partial charge in [-0.25, -0.2) is 0 Å². The zero-order chi connectivity index (χ0) is 29.0. The van der Waals surface area contributed by atoms with Crippen molar-refractivity contribution in [2.24, 2.45) is 4.40 Å². The van der Waals surface area contributed by atoms with Crippen LogP contribution in [0, 0.1) is 0 Å². The maximum absolute atomic E-state index is 13.2. The topological polar surface area (TPSA) is 85.3 Å². The molecule has 3 rings (SSSR count). The highest BCUT2D eigenvalue weighted by atomic mass is 32.2. The normalized spacial score (nSPS) is 15.7. The molecule has 0 bridgehead atoms. The van der Waals surface area contributed by atoms with Crippen molar-refractivity contribution < 1.29 is 22.7 Å². The van der Waals surface area contributed by atoms with Crippen molar-refractivity contribution in [3.05, 3.63) is 71.2 Å². The molecule has 7 nitrogen and oxygen atoms in total. The smallest absolute Gasteiger partial charge is 0.284 e. The van der Waals surface area contributed by atoms with Crippen LogP contribution in [0.5, 0.6) is 11.5 Å². The summed E-state index contributed by atoms with van der Waals surface area (Å²) in [5, 5.41) is 0.0948. The van der Waals surface area contributed by atoms with Crippen LogP contribution in [0.25, 0.3) is 6.08 Å². The summed E-state index contributed by atoms with van der Waals surface area (Å²) in [5.74, 6) is 0.887. The molecule has 1 aliphatic heterocycles. The van der Waals surface area contributed by atoms with Crippen LogP contribution < -0.4 is 9.47 Å². The number of amides is 1. The number of carbonyl (C=O) groups excluding carboxylic acids is 1. The zero-order valence-corrected chi connectivity index (χ0v) is 25.4. The van der Waals surface area contributed by atoms with E-state index in [0.29, 0.717) is 23.0 Å². The third-order valence-corrected chi connectivity index (χ3v) is 8.92. The fraction of sp³-hybridized carbons (Fsp3) is 0.419. The Morgan fingerprint density at radius 3 is 2.33 bits per heavy atom. The highest BCUT2D eigenvalue weighted by Gasteiger charge is 2.34. The molecule has 0 spiro atoms. The number of amidine groups is 1. The number of thioether (sulfide) groups is 1. The molecule has 0 radical (unpaired) electrons. The van der Waals surface area contributed by atoms with Gasteiger partial charge in [0.1, 0.15) is 0 Å². The number of hydrogen-bond donors (Lipinski definition) is 0. The summed E-state index contributed by atoms with van der Waals surface area (Å²) in [4.78, 5) is 14.9. The monoisotopic (exact) mass is 584 g/mol. The number of rotatable bonds is 16. The highest BCUT2D eigenvalue weighted by Crippen LogP contribution is 2.35. The van der Waals surface area contributed by atoms with E-state index >= 15 is 0 Å². The summed E-state index contributed by atoms with van der Waals surface area (Å²) in [6.07, 6.45) is 12.5. The molecular formula is C31H40N2O5S2. The molecule has 216 valence electrons. The van der Waals surface area contributed by atoms with Gasteiger partial charge in [0.25, 0.3) is 15.9 Å². The quantitative estimate of drug-likeness (QED) is 0.118. The van der Waals surface area contributed by atoms with Crippen LogP contribution in [0.2, 0.25) is 0 Å². The van der Waals surface area contributed by atoms with Gasteiger partial charge in [0.05, 0.1) is 23.5 Å². The summed E-state index contributed by atoms with van der Waals surface area (Å²) in [5.41, 5.74) is 1.76. The summed E-state index contributed by atoms with van der Waals surface area (Å²) in [6, 6.07) is 12.1. The van der Waals surface area contributed by atoms with Crippen molar-refractivity contribution in [3.8, 4) is 11.5 Å². The van der Waals surface area contributed by atoms with Crippen LogP contribution >= 0.6 is 11.8 Å². The second-order valence-electron chi connectivity index (χ2n) is 9.54. The first-order chi connectivity index (χ1) is 19.3. The lowest BCUT2D eigenvalue weighted by atomic mass is 10.1. The minimum absolute atomic E-state index is 0.0815. The Morgan fingerprint density at radius 2 is 1.68 bits per heavy atom. The first-order valence-corrected chi connectivity index (χ1v) is 16.2. The molecule has 0 atom stereocenters. The van der Waals surface area contributed by atoms with Crippen molar-refractivity contribution >= 4 is 38.9 Å². The Bertz CT molecular complexity index is 1320. The second-order valence-corrected chi connectivity index (χ2v) is 12.2. The van der Waals surface area contributed by atoms with Gasteiger partial charge in [-0.05, 0) is 66.1 Å². The van der Waals surface area contributed by atoms with Gasteiger partial charge < -0.3 is 9.47 Å². The SMILES string of the molecule is C=CCN1C(=O)C(=Cc2ccc(OCCCCCCCCC)c(OC)c2)SC1=NS(=O)(=O)c1ccc(CC)cc1. The minimum Gasteiger partial charge on any atom is -0.493 e. The van der Waals surface area contributed by atoms with Gasteiger partial charge in [-0.2, -0.15) is 8.42 Å². The molecule has 1 saturated heterocycles. The lowest BCUT2D eigenvalue weighted by Crippen LogP contribution is -2.29. The Labute approximate surface area is 243 Å². The molecular weight excluding hydrogens is 544 g/mol. The summed E-state index contributed by atoms with van der Waals surface area (Å²) in [6.45, 7) is 8.68. The third-order valence-electron chi connectivity index (χ3n) is 6.52. The predicted octanol–water partition coefficient (Wildman–Crippen LogP) is 7.23. The lowest BCUT2D eigenvalue weighted by molar-refractivity contribution is -0.121. The number of benzene rings is 2. The fourth-order valence-corrected chi connectivity index (χ4v) is 6.39. The molecule has 1 aliphatic rings. The van der Waals surface area contributed by atoms with Gasteiger partial charge >= 0.3 is 0 Å². The molecule has 0 aromatic heterocycles. The molecule has 40 heavy (non-hydrogen) atoms. The number of nitrogens with zero attached hydrogens (tertiary/aromatic N) is 2. The van der Waals surface area contributed by atoms with Crippen LogP contribution in [0.3, 0.4) is 0 Å². The largest absolute Gasteiger partial charge is 0.493 e. The lowest BCUT2D eigenvalue weighted by Gasteiger charge is -2.12. The molecule has 1 heterocycles. The van der Waals surface area contributed by atoms with Crippen LogP contribution in [0.15, 0.2) is 69.3 Å². The standard InChI is InChI=1S/C31H40N2O5S2/c1-5-8-9-10-11-12-13-21-38-27-19-16-25(22-28(27)37-4)23-29-30(34)33(20-6-2)31(39-29)32-40(35,36)26-17-14-24(7-3)15-18-26/h6,14-19,22-23H,2,5,7-13,20-21H2,1,3-4H3. The Morgan fingerprint density at radius 1 is 0.975 bits per heavy atom. The summed E-state index contributed by atoms with van der Waals surface area (Å²) < 4.78 is 41.5. The van der Waals surface area contributed by atoms with E-state index in [9.17, 15) is 13.2 Å². The van der Waals surface area contributed by atoms with E-state index in [1.807, 2.05) is 19.1 Å². The van der Waals surface area contributed by atoms with Gasteiger partial charge in [-0.15, -0.1) is 11.0 Å². The molecule has 0 N–H and O–H groups in total. The number of hydrogen-bond acceptors (Lipinski definition) is 6. The molecule has 0 unspecified atom stereocenters. The van der Waals surface area contributed by atoms with Crippen molar-refractivity contribution in [3.63, 3.8) is 0 Å². The number of ether oxygens (including phenoxy) is 2. The molecule has 1 fully saturated rings. The zero-order valence-electron chi connectivity index (χ0n) is 23.7. The van der Waals surface area contributed by atoms with Crippen LogP contribution in [0.4, 0.5) is 0 Å². The number of sulfonamides is 1. The number of methoxy groups -OCH3 is 1. The second kappa shape index (κ2) is 15.7. The van der Waals surface area contributed by atoms with Gasteiger partial charge in [0.2, 0.25) is 0 Å². The molecule has 2 aromatic rings. The van der Waals surface area contributed by atoms with Gasteiger partial charge in [0.15, 0.2) is 16.7 Å². The number of carbonyl (C=O) groups is 1. The van der Waals surface area contributed by atoms with Crippen LogP contribution in [0.1, 0.15) is 69.9 Å². The molecule has 0 aliphatic carbocycles. The van der Waals surface area contributed by atoms with Crippen molar-refractivity contribution in [2.75, 3.05) is 20.3 Å². The van der Waals surface area contributed by atoms with Crippen molar-refractivity contribution in [1.82, 2.24) is 4.90 Å². The first-order valence-electron chi connectivity index (χ1n) is 13.9. The van der Waals surface area contributed by atoms with E-state index in [2.05, 4.69) is 17.9 Å². The van der Waals surface area contributed by atoms with E-state index in [1.165, 1.54) is 49.1 Å². The summed E-state index contributed by atoms with van der Waals surface area (Å²) in [7, 11) is -2.42. The average Bonchev–Trinajstić information content (AvgIpc) is 3.23. The maximum atomic E-state index is 13.2. The highest BCUT2D eigenvalue weighted by molar-refractivity contribution is 8.19. The van der Waals surface area contributed by atoms with Crippen molar-refractivity contribution in [2.45, 2.75) is 70.1 Å². The van der Waals surface area contributed by atoms with Crippen LogP contribution in [-0.2, 0) is 21.2 Å². The predicted molar refractivity (Wildman–Crippen MR) is 164 cm³/mol. The van der Waals surface area contributed by atoms with E-state index in [-0.39, 0.29) is 22.5 Å². The van der Waals surface area contributed by atoms with E-state index in [1.54, 1.807) is 37.5 Å². The average molecular weight is 585 g/mol. The Hall–Kier alpha value is -3.04. The Kier molecular flexibility index (Phi) is 12.3. The fourth-order valence-electron chi connectivity index (χ4n) is 4.20. The Balaban J connectivity index is 1.73. The number of aryl methyl sites for hydroxylation is 1. The maximum Gasteiger partial charge on any atom is 0.284 e. The molecule has 1 amide bonds. The van der Waals surface area contributed by atoms with E-state index in [0.717, 1.165) is 42.2 Å². The van der Waals surface area contributed by atoms with Gasteiger partial charge in [-0.1, -0.05) is 76.6 Å². The minimum atomic E-state index is -4.00. The third kappa shape index (κ3) is 8.73. The number of unbranched alkanes of at least 4 members (excludes halogenated alkanes) is 6. The van der Waals surface area contributed by atoms with Gasteiger partial charge in [0, 0.05) is 6.54 Å². The first kappa shape index (κ1) is 31.5. The van der Waals surface area contributed by atoms with E-state index < -0.39 is 10.0 Å². The van der Waals surface area contributed by atoms with Crippen molar-refractivity contribution in [1.29, 1.82) is 0 Å².